The molecule has 1 atom stereocenters. The summed E-state index contributed by atoms with van der Waals surface area (Å²) in [5, 5.41) is 0. The Morgan fingerprint density at radius 1 is 0.897 bits per heavy atom. The van der Waals surface area contributed by atoms with Crippen molar-refractivity contribution in [3.05, 3.63) is 29.3 Å². The number of benzene rings is 1. The SMILES string of the molecule is CCCCCCCCCCc1ccc(OCC2COCCCOCCOCCCO2)c(C(=O)NS(C)(=O)=O)c1. The molecule has 39 heavy (non-hydrogen) atoms. The number of sulfonamides is 1. The Labute approximate surface area is 235 Å². The third-order valence-corrected chi connectivity index (χ3v) is 6.91. The summed E-state index contributed by atoms with van der Waals surface area (Å²) < 4.78 is 54.4. The van der Waals surface area contributed by atoms with Gasteiger partial charge in [0.15, 0.2) is 0 Å². The van der Waals surface area contributed by atoms with Crippen molar-refractivity contribution in [2.24, 2.45) is 0 Å². The van der Waals surface area contributed by atoms with Gasteiger partial charge in [0.1, 0.15) is 18.5 Å². The lowest BCUT2D eigenvalue weighted by Gasteiger charge is -2.20. The second-order valence-corrected chi connectivity index (χ2v) is 11.8. The number of unbranched alkanes of at least 4 members (excludes halogenated alkanes) is 7. The Hall–Kier alpha value is -1.72. The standard InChI is InChI=1S/C29H49NO8S/c1-3-4-5-6-7-8-9-10-13-25-14-15-28(27(22-25)29(31)30-39(2,32)33)38-24-26-23-36-18-11-16-34-20-21-35-17-12-19-37-26/h14-15,22,26H,3-13,16-21,23-24H2,1-2H3,(H,30,31). The van der Waals surface area contributed by atoms with Crippen molar-refractivity contribution in [1.29, 1.82) is 0 Å². The highest BCUT2D eigenvalue weighted by Crippen LogP contribution is 2.23. The number of hydrogen-bond donors (Lipinski definition) is 1. The summed E-state index contributed by atoms with van der Waals surface area (Å²) >= 11 is 0. The van der Waals surface area contributed by atoms with Crippen LogP contribution in [0, 0.1) is 0 Å². The Kier molecular flexibility index (Phi) is 17.3. The van der Waals surface area contributed by atoms with Gasteiger partial charge in [-0.05, 0) is 43.4 Å². The minimum atomic E-state index is -3.72. The highest BCUT2D eigenvalue weighted by molar-refractivity contribution is 7.89. The first-order chi connectivity index (χ1) is 18.9. The number of carbonyl (C=O) groups is 1. The van der Waals surface area contributed by atoms with Crippen LogP contribution in [0.15, 0.2) is 18.2 Å². The third kappa shape index (κ3) is 16.2. The van der Waals surface area contributed by atoms with Crippen molar-refractivity contribution in [1.82, 2.24) is 4.72 Å². The smallest absolute Gasteiger partial charge is 0.268 e. The van der Waals surface area contributed by atoms with E-state index in [4.69, 9.17) is 23.7 Å². The normalized spacial score (nSPS) is 18.3. The van der Waals surface area contributed by atoms with Gasteiger partial charge in [0.05, 0.1) is 31.6 Å². The minimum absolute atomic E-state index is 0.161. The highest BCUT2D eigenvalue weighted by Gasteiger charge is 2.19. The van der Waals surface area contributed by atoms with Crippen molar-refractivity contribution in [2.45, 2.75) is 83.7 Å². The van der Waals surface area contributed by atoms with E-state index in [2.05, 4.69) is 11.6 Å². The van der Waals surface area contributed by atoms with Crippen LogP contribution >= 0.6 is 0 Å². The van der Waals surface area contributed by atoms with Gasteiger partial charge in [-0.3, -0.25) is 4.79 Å². The molecule has 1 aliphatic heterocycles. The molecule has 0 aromatic heterocycles. The fourth-order valence-electron chi connectivity index (χ4n) is 4.26. The summed E-state index contributed by atoms with van der Waals surface area (Å²) in [6.07, 6.45) is 12.7. The molecular formula is C29H49NO8S. The van der Waals surface area contributed by atoms with Crippen molar-refractivity contribution in [3.63, 3.8) is 0 Å². The number of aryl methyl sites for hydroxylation is 1. The van der Waals surface area contributed by atoms with Gasteiger partial charge in [-0.25, -0.2) is 13.1 Å². The first kappa shape index (κ1) is 33.5. The van der Waals surface area contributed by atoms with E-state index in [9.17, 15) is 13.2 Å². The van der Waals surface area contributed by atoms with E-state index in [0.29, 0.717) is 52.0 Å². The fraction of sp³-hybridized carbons (Fsp3) is 0.759. The molecule has 1 saturated heterocycles. The highest BCUT2D eigenvalue weighted by atomic mass is 32.2. The van der Waals surface area contributed by atoms with E-state index in [1.807, 2.05) is 6.07 Å². The molecule has 9 nitrogen and oxygen atoms in total. The monoisotopic (exact) mass is 571 g/mol. The molecule has 0 saturated carbocycles. The molecule has 1 amide bonds. The molecule has 1 fully saturated rings. The molecule has 0 aliphatic carbocycles. The number of rotatable bonds is 14. The Bertz CT molecular complexity index is 895. The van der Waals surface area contributed by atoms with Crippen LogP contribution in [0.3, 0.4) is 0 Å². The van der Waals surface area contributed by atoms with E-state index in [-0.39, 0.29) is 18.3 Å². The van der Waals surface area contributed by atoms with Crippen LogP contribution in [-0.4, -0.2) is 79.5 Å². The quantitative estimate of drug-likeness (QED) is 0.321. The van der Waals surface area contributed by atoms with E-state index >= 15 is 0 Å². The maximum Gasteiger partial charge on any atom is 0.268 e. The van der Waals surface area contributed by atoms with Crippen LogP contribution in [0.4, 0.5) is 0 Å². The minimum Gasteiger partial charge on any atom is -0.490 e. The molecule has 10 heteroatoms. The number of nitrogens with one attached hydrogen (secondary N) is 1. The molecule has 0 spiro atoms. The zero-order chi connectivity index (χ0) is 28.2. The second kappa shape index (κ2) is 20.2. The zero-order valence-corrected chi connectivity index (χ0v) is 24.7. The van der Waals surface area contributed by atoms with E-state index < -0.39 is 15.9 Å². The lowest BCUT2D eigenvalue weighted by Crippen LogP contribution is -2.31. The summed E-state index contributed by atoms with van der Waals surface area (Å²) in [7, 11) is -3.72. The van der Waals surface area contributed by atoms with E-state index in [1.54, 1.807) is 12.1 Å². The maximum atomic E-state index is 12.8. The van der Waals surface area contributed by atoms with Gasteiger partial charge >= 0.3 is 0 Å². The lowest BCUT2D eigenvalue weighted by atomic mass is 10.0. The van der Waals surface area contributed by atoms with Gasteiger partial charge in [-0.1, -0.05) is 57.9 Å². The van der Waals surface area contributed by atoms with Crippen LogP contribution < -0.4 is 9.46 Å². The second-order valence-electron chi connectivity index (χ2n) is 10.1. The first-order valence-corrected chi connectivity index (χ1v) is 16.4. The van der Waals surface area contributed by atoms with Gasteiger partial charge in [-0.15, -0.1) is 0 Å². The molecule has 1 heterocycles. The van der Waals surface area contributed by atoms with Crippen LogP contribution in [-0.2, 0) is 35.4 Å². The first-order valence-electron chi connectivity index (χ1n) is 14.5. The molecule has 0 bridgehead atoms. The van der Waals surface area contributed by atoms with Crippen LogP contribution in [0.1, 0.15) is 87.1 Å². The van der Waals surface area contributed by atoms with Gasteiger partial charge < -0.3 is 23.7 Å². The largest absolute Gasteiger partial charge is 0.490 e. The average Bonchev–Trinajstić information content (AvgIpc) is 2.90. The van der Waals surface area contributed by atoms with Crippen molar-refractivity contribution in [2.75, 3.05) is 59.1 Å². The summed E-state index contributed by atoms with van der Waals surface area (Å²) in [6.45, 7) is 6.05. The molecule has 1 aliphatic rings. The van der Waals surface area contributed by atoms with Crippen LogP contribution in [0.2, 0.25) is 0 Å². The number of amides is 1. The fourth-order valence-corrected chi connectivity index (χ4v) is 4.71. The lowest BCUT2D eigenvalue weighted by molar-refractivity contribution is -0.0516. The Morgan fingerprint density at radius 2 is 1.54 bits per heavy atom. The Balaban J connectivity index is 1.97. The molecule has 224 valence electrons. The zero-order valence-electron chi connectivity index (χ0n) is 23.9. The molecule has 2 rings (SSSR count). The van der Waals surface area contributed by atoms with Gasteiger partial charge in [-0.2, -0.15) is 0 Å². The van der Waals surface area contributed by atoms with Crippen LogP contribution in [0.25, 0.3) is 0 Å². The summed E-state index contributed by atoms with van der Waals surface area (Å²) in [5.41, 5.74) is 1.18. The third-order valence-electron chi connectivity index (χ3n) is 6.35. The number of ether oxygens (including phenoxy) is 5. The van der Waals surface area contributed by atoms with Crippen LogP contribution in [0.5, 0.6) is 5.75 Å². The van der Waals surface area contributed by atoms with E-state index in [1.165, 1.54) is 38.5 Å². The van der Waals surface area contributed by atoms with E-state index in [0.717, 1.165) is 43.9 Å². The summed E-state index contributed by atoms with van der Waals surface area (Å²) in [6, 6.07) is 5.42. The molecule has 1 aromatic rings. The predicted octanol–water partition coefficient (Wildman–Crippen LogP) is 4.67. The molecule has 1 N–H and O–H groups in total. The van der Waals surface area contributed by atoms with Gasteiger partial charge in [0.2, 0.25) is 10.0 Å². The summed E-state index contributed by atoms with van der Waals surface area (Å²) in [4.78, 5) is 12.8. The average molecular weight is 572 g/mol. The number of hydrogen-bond acceptors (Lipinski definition) is 8. The Morgan fingerprint density at radius 3 is 2.23 bits per heavy atom. The van der Waals surface area contributed by atoms with Crippen molar-refractivity contribution in [3.8, 4) is 5.75 Å². The maximum absolute atomic E-state index is 12.8. The molecular weight excluding hydrogens is 522 g/mol. The molecule has 1 aromatic carbocycles. The predicted molar refractivity (Wildman–Crippen MR) is 152 cm³/mol. The van der Waals surface area contributed by atoms with Gasteiger partial charge in [0.25, 0.3) is 5.91 Å². The topological polar surface area (TPSA) is 109 Å². The summed E-state index contributed by atoms with van der Waals surface area (Å²) in [5.74, 6) is -0.388. The van der Waals surface area contributed by atoms with Gasteiger partial charge in [0, 0.05) is 26.4 Å². The number of carbonyl (C=O) groups excluding carboxylic acids is 1. The molecule has 1 unspecified atom stereocenters. The molecule has 0 radical (unpaired) electrons. The van der Waals surface area contributed by atoms with Crippen molar-refractivity contribution >= 4 is 15.9 Å². The van der Waals surface area contributed by atoms with Crippen molar-refractivity contribution < 1.29 is 36.9 Å².